The summed E-state index contributed by atoms with van der Waals surface area (Å²) in [6.45, 7) is -0.208. The lowest BCUT2D eigenvalue weighted by Gasteiger charge is -2.18. The predicted molar refractivity (Wildman–Crippen MR) is 101 cm³/mol. The third-order valence-corrected chi connectivity index (χ3v) is 4.09. The topological polar surface area (TPSA) is 144 Å². The maximum atomic E-state index is 13.0. The Morgan fingerprint density at radius 2 is 1.94 bits per heavy atom. The van der Waals surface area contributed by atoms with Crippen molar-refractivity contribution < 1.29 is 31.5 Å². The third kappa shape index (κ3) is 7.04. The van der Waals surface area contributed by atoms with Gasteiger partial charge in [0.15, 0.2) is 5.65 Å². The molecule has 32 heavy (non-hydrogen) atoms. The average Bonchev–Trinajstić information content (AvgIpc) is 3.09. The number of amides is 2. The van der Waals surface area contributed by atoms with Gasteiger partial charge in [-0.05, 0) is 11.6 Å². The Balaban J connectivity index is 1.99. The van der Waals surface area contributed by atoms with Gasteiger partial charge < -0.3 is 21.4 Å². The normalized spacial score (nSPS) is 12.6. The van der Waals surface area contributed by atoms with Crippen molar-refractivity contribution in [2.75, 3.05) is 7.05 Å². The molecule has 2 rings (SSSR count). The zero-order chi connectivity index (χ0) is 24.1. The fourth-order valence-electron chi connectivity index (χ4n) is 2.53. The number of nitrogens with two attached hydrogens (primary N) is 2. The highest BCUT2D eigenvalue weighted by molar-refractivity contribution is 5.93. The van der Waals surface area contributed by atoms with Gasteiger partial charge in [0.25, 0.3) is 12.3 Å². The third-order valence-electron chi connectivity index (χ3n) is 4.09. The van der Waals surface area contributed by atoms with Crippen molar-refractivity contribution in [3.05, 3.63) is 41.1 Å². The number of imidazole rings is 1. The van der Waals surface area contributed by atoms with Crippen LogP contribution in [0.4, 0.5) is 22.0 Å². The minimum atomic E-state index is -4.42. The lowest BCUT2D eigenvalue weighted by molar-refractivity contribution is -0.144. The highest BCUT2D eigenvalue weighted by Crippen LogP contribution is 2.21. The molecule has 0 saturated heterocycles. The summed E-state index contributed by atoms with van der Waals surface area (Å²) in [5.74, 6) is 3.54. The number of hydrazine groups is 1. The van der Waals surface area contributed by atoms with Crippen molar-refractivity contribution in [2.45, 2.75) is 38.5 Å². The fourth-order valence-corrected chi connectivity index (χ4v) is 2.53. The van der Waals surface area contributed by atoms with Gasteiger partial charge in [-0.3, -0.25) is 9.59 Å². The molecule has 6 N–H and O–H groups in total. The maximum absolute atomic E-state index is 13.0. The standard InChI is InChI=1S/C17H21F5N8O2/c1-29(24)14(15(18)19)13(23)16(32)26-7-10-8-30-11(28-10)4-9(6-27-30)5-25-12(31)2-3-17(20,21)22/h4,6,8,15H,2-3,5,7,23-24H2,1H3,(H,25,31)(H,26,32)/b14-13-. The zero-order valence-corrected chi connectivity index (χ0v) is 16.8. The van der Waals surface area contributed by atoms with Crippen LogP contribution in [0.3, 0.4) is 0 Å². The van der Waals surface area contributed by atoms with E-state index in [-0.39, 0.29) is 13.1 Å². The van der Waals surface area contributed by atoms with Crippen LogP contribution in [0.15, 0.2) is 29.9 Å². The average molecular weight is 464 g/mol. The van der Waals surface area contributed by atoms with E-state index < -0.39 is 48.7 Å². The lowest BCUT2D eigenvalue weighted by Crippen LogP contribution is -2.37. The van der Waals surface area contributed by atoms with Gasteiger partial charge in [-0.25, -0.2) is 24.1 Å². The predicted octanol–water partition coefficient (Wildman–Crippen LogP) is 0.545. The summed E-state index contributed by atoms with van der Waals surface area (Å²) in [6, 6.07) is 1.54. The number of aromatic nitrogens is 3. The second kappa shape index (κ2) is 10.2. The Bertz CT molecular complexity index is 992. The summed E-state index contributed by atoms with van der Waals surface area (Å²) in [5, 5.41) is 9.31. The van der Waals surface area contributed by atoms with Crippen LogP contribution < -0.4 is 22.2 Å². The quantitative estimate of drug-likeness (QED) is 0.184. The highest BCUT2D eigenvalue weighted by atomic mass is 19.4. The van der Waals surface area contributed by atoms with Crippen LogP contribution in [0, 0.1) is 0 Å². The van der Waals surface area contributed by atoms with Gasteiger partial charge in [-0.15, -0.1) is 0 Å². The van der Waals surface area contributed by atoms with Crippen LogP contribution in [0.1, 0.15) is 24.1 Å². The molecular formula is C17H21F5N8O2. The van der Waals surface area contributed by atoms with E-state index in [0.29, 0.717) is 21.9 Å². The van der Waals surface area contributed by atoms with Gasteiger partial charge in [0.2, 0.25) is 5.91 Å². The second-order valence-electron chi connectivity index (χ2n) is 6.68. The molecule has 0 atom stereocenters. The number of alkyl halides is 5. The molecule has 2 aromatic rings. The number of fused-ring (bicyclic) bond motifs is 1. The Kier molecular flexibility index (Phi) is 7.91. The van der Waals surface area contributed by atoms with Gasteiger partial charge in [-0.2, -0.15) is 18.3 Å². The number of carbonyl (C=O) groups excluding carboxylic acids is 2. The van der Waals surface area contributed by atoms with Gasteiger partial charge in [0.1, 0.15) is 11.4 Å². The second-order valence-corrected chi connectivity index (χ2v) is 6.68. The molecule has 0 aromatic carbocycles. The molecule has 0 aliphatic rings. The Hall–Kier alpha value is -3.49. The summed E-state index contributed by atoms with van der Waals surface area (Å²) in [7, 11) is 1.12. The van der Waals surface area contributed by atoms with Crippen molar-refractivity contribution in [3.8, 4) is 0 Å². The van der Waals surface area contributed by atoms with Crippen molar-refractivity contribution >= 4 is 17.5 Å². The molecule has 0 aliphatic carbocycles. The molecule has 10 nitrogen and oxygen atoms in total. The molecule has 2 heterocycles. The molecule has 0 bridgehead atoms. The first-order valence-electron chi connectivity index (χ1n) is 9.08. The molecule has 2 amide bonds. The molecule has 0 unspecified atom stereocenters. The van der Waals surface area contributed by atoms with Crippen LogP contribution in [-0.4, -0.2) is 51.1 Å². The summed E-state index contributed by atoms with van der Waals surface area (Å²) in [4.78, 5) is 27.7. The number of carbonyl (C=O) groups is 2. The van der Waals surface area contributed by atoms with Crippen LogP contribution >= 0.6 is 0 Å². The van der Waals surface area contributed by atoms with Crippen molar-refractivity contribution in [2.24, 2.45) is 11.6 Å². The molecule has 0 saturated carbocycles. The minimum Gasteiger partial charge on any atom is -0.393 e. The number of allylic oxidation sites excluding steroid dienone is 1. The Labute approximate surface area is 178 Å². The molecule has 15 heteroatoms. The number of halogens is 5. The SMILES string of the molecule is CN(N)/C(=C(\N)C(=O)NCc1cn2ncc(CNC(=O)CCC(F)(F)F)cc2n1)C(F)F. The summed E-state index contributed by atoms with van der Waals surface area (Å²) >= 11 is 0. The maximum Gasteiger partial charge on any atom is 0.389 e. The molecule has 0 aliphatic heterocycles. The van der Waals surface area contributed by atoms with Gasteiger partial charge in [0, 0.05) is 20.0 Å². The van der Waals surface area contributed by atoms with E-state index in [1.165, 1.54) is 23.0 Å². The van der Waals surface area contributed by atoms with E-state index >= 15 is 0 Å². The number of rotatable bonds is 9. The highest BCUT2D eigenvalue weighted by Gasteiger charge is 2.27. The first kappa shape index (κ1) is 24.8. The molecule has 2 aromatic heterocycles. The van der Waals surface area contributed by atoms with E-state index in [9.17, 15) is 31.5 Å². The van der Waals surface area contributed by atoms with Crippen LogP contribution in [-0.2, 0) is 22.7 Å². The number of nitrogens with one attached hydrogen (secondary N) is 2. The van der Waals surface area contributed by atoms with Gasteiger partial charge in [-0.1, -0.05) is 0 Å². The monoisotopic (exact) mass is 464 g/mol. The lowest BCUT2D eigenvalue weighted by atomic mass is 10.2. The fraction of sp³-hybridized carbons (Fsp3) is 0.412. The molecule has 176 valence electrons. The Morgan fingerprint density at radius 3 is 2.53 bits per heavy atom. The zero-order valence-electron chi connectivity index (χ0n) is 16.8. The summed E-state index contributed by atoms with van der Waals surface area (Å²) < 4.78 is 63.7. The van der Waals surface area contributed by atoms with Crippen molar-refractivity contribution in [3.63, 3.8) is 0 Å². The minimum absolute atomic E-state index is 0.0521. The van der Waals surface area contributed by atoms with E-state index in [4.69, 9.17) is 11.6 Å². The first-order valence-corrected chi connectivity index (χ1v) is 9.08. The van der Waals surface area contributed by atoms with Gasteiger partial charge in [0.05, 0.1) is 31.1 Å². The van der Waals surface area contributed by atoms with Crippen LogP contribution in [0.25, 0.3) is 5.65 Å². The van der Waals surface area contributed by atoms with E-state index in [1.54, 1.807) is 0 Å². The largest absolute Gasteiger partial charge is 0.393 e. The summed E-state index contributed by atoms with van der Waals surface area (Å²) in [6.07, 6.45) is -6.52. The molecular weight excluding hydrogens is 443 g/mol. The van der Waals surface area contributed by atoms with E-state index in [2.05, 4.69) is 20.7 Å². The molecule has 0 radical (unpaired) electrons. The Morgan fingerprint density at radius 1 is 1.25 bits per heavy atom. The smallest absolute Gasteiger partial charge is 0.389 e. The van der Waals surface area contributed by atoms with Crippen molar-refractivity contribution in [1.82, 2.24) is 30.2 Å². The van der Waals surface area contributed by atoms with Gasteiger partial charge >= 0.3 is 6.18 Å². The van der Waals surface area contributed by atoms with Crippen LogP contribution in [0.2, 0.25) is 0 Å². The number of hydrogen-bond acceptors (Lipinski definition) is 7. The first-order chi connectivity index (χ1) is 14.9. The number of nitrogens with zero attached hydrogens (tertiary/aromatic N) is 4. The number of hydrogen-bond donors (Lipinski definition) is 4. The van der Waals surface area contributed by atoms with E-state index in [1.807, 2.05) is 0 Å². The molecule has 0 spiro atoms. The van der Waals surface area contributed by atoms with Crippen LogP contribution in [0.5, 0.6) is 0 Å². The summed E-state index contributed by atoms with van der Waals surface area (Å²) in [5.41, 5.74) is 5.02. The van der Waals surface area contributed by atoms with Crippen molar-refractivity contribution in [1.29, 1.82) is 0 Å². The van der Waals surface area contributed by atoms with E-state index in [0.717, 1.165) is 7.05 Å². The molecule has 0 fully saturated rings.